The van der Waals surface area contributed by atoms with E-state index in [9.17, 15) is 9.90 Å². The first kappa shape index (κ1) is 21.7. The van der Waals surface area contributed by atoms with Gasteiger partial charge in [-0.1, -0.05) is 23.7 Å². The molecule has 0 radical (unpaired) electrons. The van der Waals surface area contributed by atoms with Crippen LogP contribution in [0.2, 0.25) is 5.02 Å². The lowest BCUT2D eigenvalue weighted by Crippen LogP contribution is -2.55. The van der Waals surface area contributed by atoms with Crippen LogP contribution in [0, 0.1) is 0 Å². The van der Waals surface area contributed by atoms with Crippen molar-refractivity contribution in [3.8, 4) is 0 Å². The zero-order valence-corrected chi connectivity index (χ0v) is 18.1. The molecule has 9 heteroatoms. The number of hydrogen-bond donors (Lipinski definition) is 2. The number of benzene rings is 1. The lowest BCUT2D eigenvalue weighted by atomic mass is 9.94. The van der Waals surface area contributed by atoms with Gasteiger partial charge in [-0.2, -0.15) is 0 Å². The Morgan fingerprint density at radius 2 is 2.27 bits per heavy atom. The number of ether oxygens (including phenoxy) is 2. The number of carbonyl (C=O) groups excluding carboxylic acids is 1. The molecule has 7 nitrogen and oxygen atoms in total. The third-order valence-electron chi connectivity index (χ3n) is 5.45. The Hall–Kier alpha value is -1.55. The molecule has 1 aromatic carbocycles. The summed E-state index contributed by atoms with van der Waals surface area (Å²) < 4.78 is 12.0. The minimum absolute atomic E-state index is 0.0913. The van der Waals surface area contributed by atoms with E-state index in [0.29, 0.717) is 36.3 Å². The van der Waals surface area contributed by atoms with Gasteiger partial charge in [-0.25, -0.2) is 4.98 Å². The Morgan fingerprint density at radius 1 is 1.37 bits per heavy atom. The lowest BCUT2D eigenvalue weighted by Gasteiger charge is -2.44. The van der Waals surface area contributed by atoms with Crippen LogP contribution in [0.15, 0.2) is 35.8 Å². The van der Waals surface area contributed by atoms with E-state index in [-0.39, 0.29) is 30.8 Å². The molecule has 0 spiro atoms. The molecule has 0 aliphatic carbocycles. The first-order chi connectivity index (χ1) is 14.6. The van der Waals surface area contributed by atoms with E-state index < -0.39 is 6.10 Å². The first-order valence-corrected chi connectivity index (χ1v) is 11.4. The van der Waals surface area contributed by atoms with Crippen molar-refractivity contribution in [2.45, 2.75) is 50.2 Å². The van der Waals surface area contributed by atoms with Gasteiger partial charge in [0.15, 0.2) is 5.13 Å². The minimum Gasteiger partial charge on any atom is -0.389 e. The predicted octanol–water partition coefficient (Wildman–Crippen LogP) is 2.93. The van der Waals surface area contributed by atoms with Gasteiger partial charge in [-0.15, -0.1) is 11.3 Å². The van der Waals surface area contributed by atoms with Gasteiger partial charge in [0.1, 0.15) is 0 Å². The summed E-state index contributed by atoms with van der Waals surface area (Å²) in [5.74, 6) is -0.0913. The van der Waals surface area contributed by atoms with E-state index in [1.165, 1.54) is 11.3 Å². The van der Waals surface area contributed by atoms with Gasteiger partial charge in [0, 0.05) is 35.7 Å². The monoisotopic (exact) mass is 451 g/mol. The maximum atomic E-state index is 12.3. The Balaban J connectivity index is 1.40. The van der Waals surface area contributed by atoms with Gasteiger partial charge < -0.3 is 19.9 Å². The number of aliphatic hydroxyl groups is 1. The Labute approximate surface area is 185 Å². The van der Waals surface area contributed by atoms with Gasteiger partial charge in [-0.05, 0) is 30.5 Å². The summed E-state index contributed by atoms with van der Waals surface area (Å²) in [6.07, 6.45) is 2.74. The fourth-order valence-electron chi connectivity index (χ4n) is 4.16. The van der Waals surface area contributed by atoms with E-state index >= 15 is 0 Å². The number of rotatable bonds is 5. The maximum absolute atomic E-state index is 12.3. The van der Waals surface area contributed by atoms with Crippen molar-refractivity contribution in [1.29, 1.82) is 0 Å². The SMILES string of the molecule is O=C(C[C@@H]1CC[C@H]2[C@@H](COC[C@H](O)CN2Cc2cccc(Cl)c2)O1)Nc1nccs1. The van der Waals surface area contributed by atoms with Crippen LogP contribution >= 0.6 is 22.9 Å². The summed E-state index contributed by atoms with van der Waals surface area (Å²) in [5, 5.41) is 16.3. The molecule has 0 unspecified atom stereocenters. The molecule has 2 aliphatic heterocycles. The number of fused-ring (bicyclic) bond motifs is 1. The molecule has 2 aromatic rings. The largest absolute Gasteiger partial charge is 0.389 e. The smallest absolute Gasteiger partial charge is 0.228 e. The topological polar surface area (TPSA) is 83.9 Å². The van der Waals surface area contributed by atoms with Gasteiger partial charge in [-0.3, -0.25) is 9.69 Å². The molecule has 30 heavy (non-hydrogen) atoms. The Bertz CT molecular complexity index is 837. The first-order valence-electron chi connectivity index (χ1n) is 10.2. The average molecular weight is 452 g/mol. The van der Waals surface area contributed by atoms with Crippen molar-refractivity contribution < 1.29 is 19.4 Å². The molecule has 1 amide bonds. The minimum atomic E-state index is -0.549. The molecule has 3 heterocycles. The second kappa shape index (κ2) is 10.2. The van der Waals surface area contributed by atoms with Crippen LogP contribution in [-0.2, 0) is 20.8 Å². The molecule has 0 bridgehead atoms. The van der Waals surface area contributed by atoms with Crippen LogP contribution < -0.4 is 5.32 Å². The number of halogens is 1. The van der Waals surface area contributed by atoms with E-state index in [1.54, 1.807) is 6.20 Å². The van der Waals surface area contributed by atoms with E-state index in [2.05, 4.69) is 15.2 Å². The lowest BCUT2D eigenvalue weighted by molar-refractivity contribution is -0.156. The molecule has 0 saturated carbocycles. The summed E-state index contributed by atoms with van der Waals surface area (Å²) in [7, 11) is 0. The van der Waals surface area contributed by atoms with Crippen molar-refractivity contribution in [1.82, 2.24) is 9.88 Å². The molecule has 2 saturated heterocycles. The number of anilines is 1. The molecule has 162 valence electrons. The number of thiazole rings is 1. The molecular weight excluding hydrogens is 426 g/mol. The van der Waals surface area contributed by atoms with Crippen LogP contribution in [0.3, 0.4) is 0 Å². The van der Waals surface area contributed by atoms with Crippen LogP contribution in [0.5, 0.6) is 0 Å². The zero-order valence-electron chi connectivity index (χ0n) is 16.6. The number of β-amino-alcohol motifs (C(OH)–C–C–N with tert-alkyl or cyclic N) is 1. The van der Waals surface area contributed by atoms with Crippen molar-refractivity contribution >= 4 is 34.0 Å². The fourth-order valence-corrected chi connectivity index (χ4v) is 4.92. The van der Waals surface area contributed by atoms with Gasteiger partial charge >= 0.3 is 0 Å². The number of nitrogens with one attached hydrogen (secondary N) is 1. The van der Waals surface area contributed by atoms with Crippen LogP contribution in [0.1, 0.15) is 24.8 Å². The standard InChI is InChI=1S/C21H26ClN3O4S/c22-15-3-1-2-14(8-15)10-25-11-16(26)12-28-13-19-18(25)5-4-17(29-19)9-20(27)24-21-23-6-7-30-21/h1-3,6-8,16-19,26H,4-5,9-13H2,(H,23,24,27)/t16-,17+,18+,19-/m1/s1. The maximum Gasteiger partial charge on any atom is 0.228 e. The second-order valence-electron chi connectivity index (χ2n) is 7.78. The van der Waals surface area contributed by atoms with Crippen LogP contribution in [0.25, 0.3) is 0 Å². The molecule has 2 aliphatic rings. The average Bonchev–Trinajstić information content (AvgIpc) is 3.19. The van der Waals surface area contributed by atoms with Crippen molar-refractivity contribution in [3.63, 3.8) is 0 Å². The summed E-state index contributed by atoms with van der Waals surface area (Å²) in [6.45, 7) is 1.86. The summed E-state index contributed by atoms with van der Waals surface area (Å²) >= 11 is 7.55. The number of hydrogen-bond acceptors (Lipinski definition) is 7. The summed E-state index contributed by atoms with van der Waals surface area (Å²) in [6, 6.07) is 7.89. The highest BCUT2D eigenvalue weighted by Gasteiger charge is 2.38. The van der Waals surface area contributed by atoms with Crippen molar-refractivity contribution in [2.24, 2.45) is 0 Å². The van der Waals surface area contributed by atoms with Crippen LogP contribution in [-0.4, -0.2) is 65.0 Å². The predicted molar refractivity (Wildman–Crippen MR) is 116 cm³/mol. The van der Waals surface area contributed by atoms with E-state index in [1.807, 2.05) is 29.6 Å². The van der Waals surface area contributed by atoms with Crippen LogP contribution in [0.4, 0.5) is 5.13 Å². The number of carbonyl (C=O) groups is 1. The zero-order chi connectivity index (χ0) is 20.9. The van der Waals surface area contributed by atoms with Gasteiger partial charge in [0.25, 0.3) is 0 Å². The van der Waals surface area contributed by atoms with Crippen molar-refractivity contribution in [2.75, 3.05) is 25.1 Å². The fraction of sp³-hybridized carbons (Fsp3) is 0.524. The van der Waals surface area contributed by atoms with E-state index in [0.717, 1.165) is 18.4 Å². The summed E-state index contributed by atoms with van der Waals surface area (Å²) in [5.41, 5.74) is 1.10. The molecule has 2 N–H and O–H groups in total. The van der Waals surface area contributed by atoms with Gasteiger partial charge in [0.05, 0.1) is 37.9 Å². The normalized spacial score (nSPS) is 27.7. The Kier molecular flexibility index (Phi) is 7.35. The molecule has 4 rings (SSSR count). The van der Waals surface area contributed by atoms with E-state index in [4.69, 9.17) is 21.1 Å². The van der Waals surface area contributed by atoms with Crippen molar-refractivity contribution in [3.05, 3.63) is 46.4 Å². The Morgan fingerprint density at radius 3 is 3.07 bits per heavy atom. The highest BCUT2D eigenvalue weighted by molar-refractivity contribution is 7.13. The van der Waals surface area contributed by atoms with Gasteiger partial charge in [0.2, 0.25) is 5.91 Å². The number of amides is 1. The molecular formula is C21H26ClN3O4S. The third-order valence-corrected chi connectivity index (χ3v) is 6.38. The number of aliphatic hydroxyl groups excluding tert-OH is 1. The molecule has 2 fully saturated rings. The number of nitrogens with zero attached hydrogens (tertiary/aromatic N) is 2. The highest BCUT2D eigenvalue weighted by Crippen LogP contribution is 2.29. The second-order valence-corrected chi connectivity index (χ2v) is 9.11. The molecule has 1 aromatic heterocycles. The highest BCUT2D eigenvalue weighted by atomic mass is 35.5. The quantitative estimate of drug-likeness (QED) is 0.727. The third kappa shape index (κ3) is 5.78. The summed E-state index contributed by atoms with van der Waals surface area (Å²) in [4.78, 5) is 18.7. The molecule has 4 atom stereocenters. The number of aromatic nitrogens is 1.